The van der Waals surface area contributed by atoms with Gasteiger partial charge in [0.05, 0.1) is 6.61 Å². The average molecular weight is 332 g/mol. The third-order valence-corrected chi connectivity index (χ3v) is 3.46. The minimum atomic E-state index is -0.747. The van der Waals surface area contributed by atoms with Crippen LogP contribution in [0.2, 0.25) is 5.02 Å². The molecule has 4 nitrogen and oxygen atoms in total. The Bertz CT molecular complexity index is 510. The van der Waals surface area contributed by atoms with Crippen LogP contribution < -0.4 is 5.32 Å². The molecule has 0 bridgehead atoms. The maximum atomic E-state index is 13.9. The predicted molar refractivity (Wildman–Crippen MR) is 84.5 cm³/mol. The van der Waals surface area contributed by atoms with Crippen LogP contribution in [0.25, 0.3) is 0 Å². The fourth-order valence-electron chi connectivity index (χ4n) is 1.90. The number of amides is 1. The van der Waals surface area contributed by atoms with E-state index in [2.05, 4.69) is 5.32 Å². The second-order valence-corrected chi connectivity index (χ2v) is 7.11. The average Bonchev–Trinajstić information content (AvgIpc) is 2.39. The maximum Gasteiger partial charge on any atom is 0.407 e. The summed E-state index contributed by atoms with van der Waals surface area (Å²) >= 11 is 6.01. The van der Waals surface area contributed by atoms with Crippen LogP contribution in [0.3, 0.4) is 0 Å². The molecule has 0 aliphatic rings. The van der Waals surface area contributed by atoms with Crippen molar-refractivity contribution < 1.29 is 19.0 Å². The van der Waals surface area contributed by atoms with Crippen LogP contribution >= 0.6 is 11.6 Å². The highest BCUT2D eigenvalue weighted by molar-refractivity contribution is 6.31. The van der Waals surface area contributed by atoms with Gasteiger partial charge >= 0.3 is 6.09 Å². The Morgan fingerprint density at radius 1 is 1.36 bits per heavy atom. The third-order valence-electron chi connectivity index (χ3n) is 3.11. The number of aliphatic hydroxyl groups is 1. The van der Waals surface area contributed by atoms with Crippen molar-refractivity contribution in [1.29, 1.82) is 0 Å². The standard InChI is InChI=1S/C16H23ClFNO3/c1-15(2,3)22-14(21)19-9-16(4,10-20)8-11-12(17)6-5-7-13(11)18/h5-7,20H,8-10H2,1-4H3,(H,19,21). The van der Waals surface area contributed by atoms with Crippen LogP contribution in [0.1, 0.15) is 33.3 Å². The largest absolute Gasteiger partial charge is 0.444 e. The Morgan fingerprint density at radius 3 is 2.50 bits per heavy atom. The first-order valence-corrected chi connectivity index (χ1v) is 7.45. The number of aliphatic hydroxyl groups excluding tert-OH is 1. The van der Waals surface area contributed by atoms with E-state index in [1.807, 2.05) is 0 Å². The third kappa shape index (κ3) is 5.81. The number of halogens is 2. The van der Waals surface area contributed by atoms with Gasteiger partial charge in [0.15, 0.2) is 0 Å². The van der Waals surface area contributed by atoms with Crippen LogP contribution in [-0.2, 0) is 11.2 Å². The molecule has 0 radical (unpaired) electrons. The maximum absolute atomic E-state index is 13.9. The fraction of sp³-hybridized carbons (Fsp3) is 0.562. The lowest BCUT2D eigenvalue weighted by Crippen LogP contribution is -2.42. The zero-order chi connectivity index (χ0) is 17.0. The first-order valence-electron chi connectivity index (χ1n) is 7.07. The summed E-state index contributed by atoms with van der Waals surface area (Å²) in [6.07, 6.45) is -0.378. The predicted octanol–water partition coefficient (Wildman–Crippen LogP) is 3.54. The minimum absolute atomic E-state index is 0.142. The highest BCUT2D eigenvalue weighted by Gasteiger charge is 2.28. The Balaban J connectivity index is 2.74. The van der Waals surface area contributed by atoms with Gasteiger partial charge in [0, 0.05) is 22.5 Å². The number of ether oxygens (including phenoxy) is 1. The van der Waals surface area contributed by atoms with E-state index in [0.717, 1.165) is 0 Å². The molecule has 1 amide bonds. The van der Waals surface area contributed by atoms with Gasteiger partial charge in [0.2, 0.25) is 0 Å². The van der Waals surface area contributed by atoms with Crippen molar-refractivity contribution in [3.63, 3.8) is 0 Å². The van der Waals surface area contributed by atoms with E-state index in [0.29, 0.717) is 10.6 Å². The zero-order valence-corrected chi connectivity index (χ0v) is 14.1. The summed E-state index contributed by atoms with van der Waals surface area (Å²) in [6.45, 7) is 6.94. The molecule has 0 aliphatic carbocycles. The molecule has 0 spiro atoms. The number of alkyl carbamates (subject to hydrolysis) is 1. The summed E-state index contributed by atoms with van der Waals surface area (Å²) in [4.78, 5) is 11.7. The monoisotopic (exact) mass is 331 g/mol. The number of nitrogens with one attached hydrogen (secondary N) is 1. The molecule has 2 N–H and O–H groups in total. The molecule has 0 heterocycles. The van der Waals surface area contributed by atoms with Crippen molar-refractivity contribution in [2.75, 3.05) is 13.2 Å². The topological polar surface area (TPSA) is 58.6 Å². The SMILES string of the molecule is CC(CO)(CNC(=O)OC(C)(C)C)Cc1c(F)cccc1Cl. The van der Waals surface area contributed by atoms with Crippen LogP contribution in [0.15, 0.2) is 18.2 Å². The number of carbonyl (C=O) groups excluding carboxylic acids is 1. The van der Waals surface area contributed by atoms with E-state index >= 15 is 0 Å². The lowest BCUT2D eigenvalue weighted by atomic mass is 9.84. The van der Waals surface area contributed by atoms with Crippen molar-refractivity contribution in [3.8, 4) is 0 Å². The minimum Gasteiger partial charge on any atom is -0.444 e. The van der Waals surface area contributed by atoms with Crippen molar-refractivity contribution in [2.24, 2.45) is 5.41 Å². The number of carbonyl (C=O) groups is 1. The molecule has 0 aromatic heterocycles. The van der Waals surface area contributed by atoms with Crippen molar-refractivity contribution in [1.82, 2.24) is 5.32 Å². The Hall–Kier alpha value is -1.33. The Labute approximate surface area is 135 Å². The molecule has 0 saturated carbocycles. The molecule has 0 saturated heterocycles. The van der Waals surface area contributed by atoms with Crippen molar-refractivity contribution >= 4 is 17.7 Å². The van der Waals surface area contributed by atoms with Crippen molar-refractivity contribution in [2.45, 2.75) is 39.7 Å². The highest BCUT2D eigenvalue weighted by Crippen LogP contribution is 2.28. The Morgan fingerprint density at radius 2 is 2.00 bits per heavy atom. The molecule has 1 aromatic carbocycles. The quantitative estimate of drug-likeness (QED) is 0.867. The first kappa shape index (κ1) is 18.7. The molecule has 0 fully saturated rings. The van der Waals surface area contributed by atoms with Crippen molar-refractivity contribution in [3.05, 3.63) is 34.6 Å². The molecule has 0 aliphatic heterocycles. The lowest BCUT2D eigenvalue weighted by molar-refractivity contribution is 0.0478. The smallest absolute Gasteiger partial charge is 0.407 e. The van der Waals surface area contributed by atoms with Gasteiger partial charge in [-0.2, -0.15) is 0 Å². The molecule has 6 heteroatoms. The normalized spacial score (nSPS) is 14.3. The van der Waals surface area contributed by atoms with Gasteiger partial charge in [-0.05, 0) is 39.3 Å². The van der Waals surface area contributed by atoms with E-state index in [9.17, 15) is 14.3 Å². The van der Waals surface area contributed by atoms with E-state index in [1.165, 1.54) is 12.1 Å². The molecule has 1 atom stereocenters. The molecule has 1 unspecified atom stereocenters. The van der Waals surface area contributed by atoms with Crippen LogP contribution in [0.4, 0.5) is 9.18 Å². The second-order valence-electron chi connectivity index (χ2n) is 6.70. The highest BCUT2D eigenvalue weighted by atomic mass is 35.5. The number of hydrogen-bond acceptors (Lipinski definition) is 3. The number of hydrogen-bond donors (Lipinski definition) is 2. The van der Waals surface area contributed by atoms with Gasteiger partial charge in [-0.1, -0.05) is 24.6 Å². The summed E-state index contributed by atoms with van der Waals surface area (Å²) in [7, 11) is 0. The first-order chi connectivity index (χ1) is 10.1. The second kappa shape index (κ2) is 7.29. The molecular formula is C16H23ClFNO3. The van der Waals surface area contributed by atoms with E-state index in [4.69, 9.17) is 16.3 Å². The summed E-state index contributed by atoms with van der Waals surface area (Å²) in [5.41, 5.74) is -1.02. The number of rotatable bonds is 5. The Kier molecular flexibility index (Phi) is 6.20. The molecule has 1 rings (SSSR count). The molecule has 1 aromatic rings. The van der Waals surface area contributed by atoms with Gasteiger partial charge in [-0.25, -0.2) is 9.18 Å². The summed E-state index contributed by atoms with van der Waals surface area (Å²) in [5, 5.41) is 12.5. The molecule has 22 heavy (non-hydrogen) atoms. The van der Waals surface area contributed by atoms with Gasteiger partial charge in [0.25, 0.3) is 0 Å². The van der Waals surface area contributed by atoms with Crippen LogP contribution in [0, 0.1) is 11.2 Å². The van der Waals surface area contributed by atoms with E-state index in [1.54, 1.807) is 33.8 Å². The zero-order valence-electron chi connectivity index (χ0n) is 13.4. The fourth-order valence-corrected chi connectivity index (χ4v) is 2.13. The lowest BCUT2D eigenvalue weighted by Gasteiger charge is -2.29. The van der Waals surface area contributed by atoms with Crippen LogP contribution in [0.5, 0.6) is 0 Å². The van der Waals surface area contributed by atoms with Gasteiger partial charge < -0.3 is 15.2 Å². The summed E-state index contributed by atoms with van der Waals surface area (Å²) < 4.78 is 19.0. The van der Waals surface area contributed by atoms with Gasteiger partial charge in [0.1, 0.15) is 11.4 Å². The molecular weight excluding hydrogens is 309 g/mol. The van der Waals surface area contributed by atoms with Gasteiger partial charge in [-0.3, -0.25) is 0 Å². The van der Waals surface area contributed by atoms with E-state index in [-0.39, 0.29) is 19.6 Å². The summed E-state index contributed by atoms with van der Waals surface area (Å²) in [5.74, 6) is -0.426. The van der Waals surface area contributed by atoms with E-state index < -0.39 is 22.9 Å². The number of benzene rings is 1. The summed E-state index contributed by atoms with van der Waals surface area (Å²) in [6, 6.07) is 4.44. The van der Waals surface area contributed by atoms with Gasteiger partial charge in [-0.15, -0.1) is 0 Å². The molecule has 124 valence electrons. The van der Waals surface area contributed by atoms with Crippen LogP contribution in [-0.4, -0.2) is 30.0 Å².